The predicted octanol–water partition coefficient (Wildman–Crippen LogP) is 2.85. The van der Waals surface area contributed by atoms with Gasteiger partial charge in [-0.3, -0.25) is 4.79 Å². The molecule has 0 aliphatic carbocycles. The van der Waals surface area contributed by atoms with E-state index in [1.165, 1.54) is 0 Å². The van der Waals surface area contributed by atoms with Crippen LogP contribution < -0.4 is 9.64 Å². The van der Waals surface area contributed by atoms with E-state index in [0.717, 1.165) is 11.4 Å². The summed E-state index contributed by atoms with van der Waals surface area (Å²) in [6.45, 7) is 8.45. The molecule has 3 heteroatoms. The molecule has 1 heterocycles. The summed E-state index contributed by atoms with van der Waals surface area (Å²) in [6.07, 6.45) is 0. The summed E-state index contributed by atoms with van der Waals surface area (Å²) < 4.78 is 5.89. The van der Waals surface area contributed by atoms with Crippen LogP contribution in [-0.4, -0.2) is 18.1 Å². The first-order valence-electron chi connectivity index (χ1n) is 6.00. The van der Waals surface area contributed by atoms with Crippen LogP contribution in [0.25, 0.3) is 0 Å². The summed E-state index contributed by atoms with van der Waals surface area (Å²) in [4.78, 5) is 14.1. The summed E-state index contributed by atoms with van der Waals surface area (Å²) in [5, 5.41) is 0. The number of rotatable bonds is 1. The highest BCUT2D eigenvalue weighted by Crippen LogP contribution is 2.37. The van der Waals surface area contributed by atoms with Gasteiger partial charge in [0.25, 0.3) is 0 Å². The van der Waals surface area contributed by atoms with Crippen LogP contribution in [0.1, 0.15) is 27.7 Å². The van der Waals surface area contributed by atoms with Crippen molar-refractivity contribution in [2.24, 2.45) is 5.92 Å². The number of carbonyl (C=O) groups is 1. The quantitative estimate of drug-likeness (QED) is 0.746. The van der Waals surface area contributed by atoms with E-state index in [-0.39, 0.29) is 17.4 Å². The lowest BCUT2D eigenvalue weighted by Crippen LogP contribution is -2.50. The van der Waals surface area contributed by atoms with E-state index in [0.29, 0.717) is 6.54 Å². The van der Waals surface area contributed by atoms with Crippen molar-refractivity contribution in [1.82, 2.24) is 0 Å². The van der Waals surface area contributed by atoms with E-state index < -0.39 is 0 Å². The van der Waals surface area contributed by atoms with Crippen LogP contribution in [0.5, 0.6) is 5.75 Å². The summed E-state index contributed by atoms with van der Waals surface area (Å²) in [5.41, 5.74) is 0.546. The summed E-state index contributed by atoms with van der Waals surface area (Å²) in [5.74, 6) is 0.934. The number of carbonyl (C=O) groups excluding carboxylic acids is 1. The number of para-hydroxylation sites is 2. The van der Waals surface area contributed by atoms with Gasteiger partial charge in [0.15, 0.2) is 0 Å². The Labute approximate surface area is 102 Å². The average molecular weight is 233 g/mol. The standard InChI is InChI=1S/C14H19NO2/c1-10(2)13(16)15-9-14(3,4)17-12-8-6-5-7-11(12)15/h5-8,10H,9H2,1-4H3. The fourth-order valence-corrected chi connectivity index (χ4v) is 2.07. The smallest absolute Gasteiger partial charge is 0.229 e. The molecule has 2 rings (SSSR count). The van der Waals surface area contributed by atoms with Gasteiger partial charge < -0.3 is 9.64 Å². The van der Waals surface area contributed by atoms with Crippen LogP contribution in [-0.2, 0) is 4.79 Å². The highest BCUT2D eigenvalue weighted by atomic mass is 16.5. The number of hydrogen-bond acceptors (Lipinski definition) is 2. The molecular weight excluding hydrogens is 214 g/mol. The molecule has 0 fully saturated rings. The largest absolute Gasteiger partial charge is 0.484 e. The fourth-order valence-electron chi connectivity index (χ4n) is 2.07. The van der Waals surface area contributed by atoms with E-state index in [2.05, 4.69) is 0 Å². The van der Waals surface area contributed by atoms with Crippen molar-refractivity contribution in [3.63, 3.8) is 0 Å². The van der Waals surface area contributed by atoms with Gasteiger partial charge in [-0.15, -0.1) is 0 Å². The third kappa shape index (κ3) is 2.28. The normalized spacial score (nSPS) is 17.6. The zero-order chi connectivity index (χ0) is 12.6. The lowest BCUT2D eigenvalue weighted by atomic mass is 10.0. The molecular formula is C14H19NO2. The van der Waals surface area contributed by atoms with Gasteiger partial charge in [0.05, 0.1) is 12.2 Å². The van der Waals surface area contributed by atoms with Crippen molar-refractivity contribution >= 4 is 11.6 Å². The predicted molar refractivity (Wildman–Crippen MR) is 68.3 cm³/mol. The third-order valence-electron chi connectivity index (χ3n) is 2.84. The monoisotopic (exact) mass is 233 g/mol. The average Bonchev–Trinajstić information content (AvgIpc) is 2.25. The molecule has 1 amide bonds. The minimum atomic E-state index is -0.334. The first-order chi connectivity index (χ1) is 7.91. The number of hydrogen-bond donors (Lipinski definition) is 0. The lowest BCUT2D eigenvalue weighted by Gasteiger charge is -2.40. The van der Waals surface area contributed by atoms with Crippen LogP contribution in [0.4, 0.5) is 5.69 Å². The second kappa shape index (κ2) is 4.06. The lowest BCUT2D eigenvalue weighted by molar-refractivity contribution is -0.122. The van der Waals surface area contributed by atoms with Crippen molar-refractivity contribution in [2.45, 2.75) is 33.3 Å². The molecule has 92 valence electrons. The highest BCUT2D eigenvalue weighted by molar-refractivity contribution is 5.96. The maximum absolute atomic E-state index is 12.2. The third-order valence-corrected chi connectivity index (χ3v) is 2.84. The SMILES string of the molecule is CC(C)C(=O)N1CC(C)(C)Oc2ccccc21. The number of ether oxygens (including phenoxy) is 1. The molecule has 0 unspecified atom stereocenters. The summed E-state index contributed by atoms with van der Waals surface area (Å²) in [6, 6.07) is 7.71. The van der Waals surface area contributed by atoms with Crippen LogP contribution in [0.15, 0.2) is 24.3 Å². The van der Waals surface area contributed by atoms with Gasteiger partial charge in [0, 0.05) is 5.92 Å². The van der Waals surface area contributed by atoms with E-state index in [4.69, 9.17) is 4.74 Å². The first kappa shape index (κ1) is 12.0. The van der Waals surface area contributed by atoms with E-state index in [1.54, 1.807) is 0 Å². The minimum Gasteiger partial charge on any atom is -0.484 e. The Kier molecular flexibility index (Phi) is 2.86. The second-order valence-electron chi connectivity index (χ2n) is 5.41. The molecule has 0 radical (unpaired) electrons. The second-order valence-corrected chi connectivity index (χ2v) is 5.41. The molecule has 3 nitrogen and oxygen atoms in total. The number of fused-ring (bicyclic) bond motifs is 1. The van der Waals surface area contributed by atoms with Crippen molar-refractivity contribution in [3.8, 4) is 5.75 Å². The van der Waals surface area contributed by atoms with Gasteiger partial charge in [-0.1, -0.05) is 26.0 Å². The van der Waals surface area contributed by atoms with Gasteiger partial charge in [0.2, 0.25) is 5.91 Å². The molecule has 0 aromatic heterocycles. The number of anilines is 1. The fraction of sp³-hybridized carbons (Fsp3) is 0.500. The van der Waals surface area contributed by atoms with Crippen LogP contribution in [0.2, 0.25) is 0 Å². The van der Waals surface area contributed by atoms with Crippen LogP contribution in [0.3, 0.4) is 0 Å². The summed E-state index contributed by atoms with van der Waals surface area (Å²) >= 11 is 0. The Morgan fingerprint density at radius 1 is 1.35 bits per heavy atom. The van der Waals surface area contributed by atoms with Crippen molar-refractivity contribution in [2.75, 3.05) is 11.4 Å². The Balaban J connectivity index is 2.43. The summed E-state index contributed by atoms with van der Waals surface area (Å²) in [7, 11) is 0. The molecule has 17 heavy (non-hydrogen) atoms. The molecule has 1 aliphatic heterocycles. The van der Waals surface area contributed by atoms with Crippen molar-refractivity contribution in [3.05, 3.63) is 24.3 Å². The van der Waals surface area contributed by atoms with Crippen LogP contribution in [0, 0.1) is 5.92 Å². The van der Waals surface area contributed by atoms with E-state index >= 15 is 0 Å². The van der Waals surface area contributed by atoms with Gasteiger partial charge >= 0.3 is 0 Å². The van der Waals surface area contributed by atoms with Gasteiger partial charge in [-0.05, 0) is 26.0 Å². The van der Waals surface area contributed by atoms with Gasteiger partial charge in [0.1, 0.15) is 11.4 Å². The van der Waals surface area contributed by atoms with E-state index in [9.17, 15) is 4.79 Å². The Morgan fingerprint density at radius 3 is 2.65 bits per heavy atom. The molecule has 0 spiro atoms. The van der Waals surface area contributed by atoms with Crippen molar-refractivity contribution < 1.29 is 9.53 Å². The Hall–Kier alpha value is -1.51. The molecule has 1 aliphatic rings. The zero-order valence-corrected chi connectivity index (χ0v) is 10.9. The number of amides is 1. The van der Waals surface area contributed by atoms with Gasteiger partial charge in [-0.2, -0.15) is 0 Å². The molecule has 0 atom stereocenters. The van der Waals surface area contributed by atoms with Crippen molar-refractivity contribution in [1.29, 1.82) is 0 Å². The zero-order valence-electron chi connectivity index (χ0n) is 10.9. The minimum absolute atomic E-state index is 0.00282. The first-order valence-corrected chi connectivity index (χ1v) is 6.00. The molecule has 0 saturated carbocycles. The molecule has 0 saturated heterocycles. The Morgan fingerprint density at radius 2 is 2.00 bits per heavy atom. The molecule has 0 N–H and O–H groups in total. The maximum atomic E-state index is 12.2. The Bertz CT molecular complexity index is 438. The van der Waals surface area contributed by atoms with Crippen LogP contribution >= 0.6 is 0 Å². The van der Waals surface area contributed by atoms with E-state index in [1.807, 2.05) is 56.9 Å². The number of nitrogens with zero attached hydrogens (tertiary/aromatic N) is 1. The maximum Gasteiger partial charge on any atom is 0.229 e. The number of benzene rings is 1. The molecule has 0 bridgehead atoms. The topological polar surface area (TPSA) is 29.5 Å². The molecule has 1 aromatic rings. The molecule has 1 aromatic carbocycles. The van der Waals surface area contributed by atoms with Gasteiger partial charge in [-0.25, -0.2) is 0 Å². The highest BCUT2D eigenvalue weighted by Gasteiger charge is 2.35.